The molecular formula is C35H49FN2O7. The van der Waals surface area contributed by atoms with Gasteiger partial charge in [0.05, 0.1) is 18.2 Å². The van der Waals surface area contributed by atoms with E-state index in [9.17, 15) is 18.8 Å². The van der Waals surface area contributed by atoms with Crippen LogP contribution in [0.5, 0.6) is 0 Å². The standard InChI is InChI=1S/C35H49FN2O7/c1-21(42-2)20-44-35(41)32-18-26-16-22(4-13-31(26)45-32)17-30(39)33-28(23-9-11-27(43-3)12-10-23)14-15-38(33)34(40)25-7-5-24(6-8-25)29(37)19-36/h4,13,16,18,21,23-25,27-29,33H,5-12,14-15,17,19-20,37H2,1-3H3/t21-,23?,24?,25?,27?,28+,29-,33+/m1/s1. The van der Waals surface area contributed by atoms with Crippen molar-refractivity contribution < 1.29 is 37.4 Å². The number of furan rings is 1. The highest BCUT2D eigenvalue weighted by Gasteiger charge is 2.47. The second kappa shape index (κ2) is 15.2. The van der Waals surface area contributed by atoms with Gasteiger partial charge >= 0.3 is 5.97 Å². The molecule has 4 atom stereocenters. The molecule has 2 saturated carbocycles. The van der Waals surface area contributed by atoms with Crippen LogP contribution in [-0.2, 0) is 30.2 Å². The molecule has 10 heteroatoms. The van der Waals surface area contributed by atoms with Gasteiger partial charge in [-0.1, -0.05) is 6.07 Å². The summed E-state index contributed by atoms with van der Waals surface area (Å²) in [5.41, 5.74) is 7.31. The molecule has 1 amide bonds. The van der Waals surface area contributed by atoms with Gasteiger partial charge in [0, 0.05) is 44.5 Å². The van der Waals surface area contributed by atoms with Crippen molar-refractivity contribution in [2.45, 2.75) is 95.4 Å². The normalized spacial score (nSPS) is 28.6. The number of nitrogens with two attached hydrogens (primary N) is 1. The van der Waals surface area contributed by atoms with Gasteiger partial charge in [0.15, 0.2) is 5.78 Å². The predicted molar refractivity (Wildman–Crippen MR) is 167 cm³/mol. The van der Waals surface area contributed by atoms with Gasteiger partial charge in [-0.3, -0.25) is 9.59 Å². The number of alkyl halides is 1. The average molecular weight is 629 g/mol. The van der Waals surface area contributed by atoms with Crippen LogP contribution in [0.3, 0.4) is 0 Å². The number of rotatable bonds is 12. The van der Waals surface area contributed by atoms with E-state index >= 15 is 0 Å². The van der Waals surface area contributed by atoms with E-state index in [1.54, 1.807) is 33.3 Å². The van der Waals surface area contributed by atoms with Crippen LogP contribution in [0.1, 0.15) is 80.8 Å². The highest BCUT2D eigenvalue weighted by molar-refractivity contribution is 5.94. The Bertz CT molecular complexity index is 1310. The maximum absolute atomic E-state index is 14.2. The Morgan fingerprint density at radius 2 is 1.76 bits per heavy atom. The molecule has 2 aromatic rings. The highest BCUT2D eigenvalue weighted by Crippen LogP contribution is 2.42. The van der Waals surface area contributed by atoms with E-state index in [0.29, 0.717) is 36.3 Å². The molecule has 1 aromatic heterocycles. The summed E-state index contributed by atoms with van der Waals surface area (Å²) in [4.78, 5) is 42.6. The van der Waals surface area contributed by atoms with Gasteiger partial charge in [-0.2, -0.15) is 0 Å². The summed E-state index contributed by atoms with van der Waals surface area (Å²) in [7, 11) is 3.31. The fourth-order valence-corrected chi connectivity index (χ4v) is 7.82. The first-order valence-electron chi connectivity index (χ1n) is 16.6. The number of methoxy groups -OCH3 is 2. The lowest BCUT2D eigenvalue weighted by Gasteiger charge is -2.37. The van der Waals surface area contributed by atoms with Gasteiger partial charge in [-0.25, -0.2) is 9.18 Å². The van der Waals surface area contributed by atoms with Crippen molar-refractivity contribution in [3.05, 3.63) is 35.6 Å². The van der Waals surface area contributed by atoms with Crippen LogP contribution in [0.4, 0.5) is 4.39 Å². The van der Waals surface area contributed by atoms with E-state index in [4.69, 9.17) is 24.4 Å². The lowest BCUT2D eigenvalue weighted by Crippen LogP contribution is -2.48. The Balaban J connectivity index is 1.31. The summed E-state index contributed by atoms with van der Waals surface area (Å²) in [6, 6.07) is 6.19. The Morgan fingerprint density at radius 3 is 2.42 bits per heavy atom. The Labute approximate surface area is 265 Å². The smallest absolute Gasteiger partial charge is 0.374 e. The molecule has 0 spiro atoms. The van der Waals surface area contributed by atoms with Gasteiger partial charge in [-0.15, -0.1) is 0 Å². The molecule has 1 aromatic carbocycles. The zero-order chi connectivity index (χ0) is 32.1. The van der Waals surface area contributed by atoms with Crippen molar-refractivity contribution in [1.82, 2.24) is 4.90 Å². The van der Waals surface area contributed by atoms with Gasteiger partial charge in [0.2, 0.25) is 11.7 Å². The summed E-state index contributed by atoms with van der Waals surface area (Å²) < 4.78 is 34.9. The minimum absolute atomic E-state index is 0.0453. The van der Waals surface area contributed by atoms with E-state index in [1.165, 1.54) is 0 Å². The van der Waals surface area contributed by atoms with E-state index in [0.717, 1.165) is 50.5 Å². The Kier molecular flexibility index (Phi) is 11.3. The first-order chi connectivity index (χ1) is 21.7. The molecular weight excluding hydrogens is 579 g/mol. The predicted octanol–water partition coefficient (Wildman–Crippen LogP) is 5.26. The highest BCUT2D eigenvalue weighted by atomic mass is 19.1. The number of hydrogen-bond donors (Lipinski definition) is 1. The summed E-state index contributed by atoms with van der Waals surface area (Å²) in [6.45, 7) is 1.97. The molecule has 3 fully saturated rings. The average Bonchev–Trinajstić information content (AvgIpc) is 3.71. The molecule has 45 heavy (non-hydrogen) atoms. The monoisotopic (exact) mass is 628 g/mol. The number of fused-ring (bicyclic) bond motifs is 1. The number of benzene rings is 1. The molecule has 0 radical (unpaired) electrons. The van der Waals surface area contributed by atoms with Crippen LogP contribution in [0.25, 0.3) is 11.0 Å². The zero-order valence-corrected chi connectivity index (χ0v) is 26.9. The van der Waals surface area contributed by atoms with Crippen LogP contribution >= 0.6 is 0 Å². The topological polar surface area (TPSA) is 121 Å². The number of hydrogen-bond acceptors (Lipinski definition) is 8. The van der Waals surface area contributed by atoms with E-state index in [-0.39, 0.29) is 60.4 Å². The summed E-state index contributed by atoms with van der Waals surface area (Å²) in [5, 5.41) is 0.712. The SMILES string of the molecule is COC1CCC([C@@H]2CCN(C(=O)C3CCC([C@H](N)CF)CC3)[C@@H]2C(=O)Cc2ccc3oc(C(=O)OC[C@@H](C)OC)cc3c2)CC1. The van der Waals surface area contributed by atoms with Crippen molar-refractivity contribution >= 4 is 28.6 Å². The largest absolute Gasteiger partial charge is 0.457 e. The first kappa shape index (κ1) is 33.5. The second-order valence-electron chi connectivity index (χ2n) is 13.4. The number of ether oxygens (including phenoxy) is 3. The third-order valence-electron chi connectivity index (χ3n) is 10.6. The van der Waals surface area contributed by atoms with Crippen LogP contribution in [-0.4, -0.2) is 80.9 Å². The van der Waals surface area contributed by atoms with E-state index in [1.807, 2.05) is 17.0 Å². The third-order valence-corrected chi connectivity index (χ3v) is 10.6. The number of amides is 1. The first-order valence-corrected chi connectivity index (χ1v) is 16.6. The van der Waals surface area contributed by atoms with Gasteiger partial charge < -0.3 is 29.3 Å². The third kappa shape index (κ3) is 7.77. The lowest BCUT2D eigenvalue weighted by molar-refractivity contribution is -0.143. The molecule has 2 N–H and O–H groups in total. The molecule has 0 bridgehead atoms. The number of carbonyl (C=O) groups excluding carboxylic acids is 3. The minimum atomic E-state index is -0.570. The molecule has 2 aliphatic carbocycles. The molecule has 3 aliphatic rings. The molecule has 2 heterocycles. The molecule has 9 nitrogen and oxygen atoms in total. The van der Waals surface area contributed by atoms with Crippen molar-refractivity contribution in [3.8, 4) is 0 Å². The molecule has 248 valence electrons. The minimum Gasteiger partial charge on any atom is -0.457 e. The quantitative estimate of drug-likeness (QED) is 0.316. The number of ketones is 1. The number of nitrogens with zero attached hydrogens (tertiary/aromatic N) is 1. The maximum Gasteiger partial charge on any atom is 0.374 e. The number of halogens is 1. The summed E-state index contributed by atoms with van der Waals surface area (Å²) >= 11 is 0. The summed E-state index contributed by atoms with van der Waals surface area (Å²) in [5.74, 6) is 0.0644. The van der Waals surface area contributed by atoms with Crippen molar-refractivity contribution in [2.75, 3.05) is 34.0 Å². The zero-order valence-electron chi connectivity index (χ0n) is 26.9. The van der Waals surface area contributed by atoms with Crippen LogP contribution in [0.2, 0.25) is 0 Å². The number of Topliss-reactive ketones (excluding diaryl/α,β-unsaturated/α-hetero) is 1. The molecule has 1 aliphatic heterocycles. The summed E-state index contributed by atoms with van der Waals surface area (Å²) in [6.07, 6.45) is 7.80. The van der Waals surface area contributed by atoms with Crippen molar-refractivity contribution in [3.63, 3.8) is 0 Å². The van der Waals surface area contributed by atoms with Crippen LogP contribution < -0.4 is 5.73 Å². The van der Waals surface area contributed by atoms with E-state index in [2.05, 4.69) is 0 Å². The Morgan fingerprint density at radius 1 is 1.02 bits per heavy atom. The molecule has 1 saturated heterocycles. The fraction of sp³-hybridized carbons (Fsp3) is 0.686. The van der Waals surface area contributed by atoms with Crippen molar-refractivity contribution in [1.29, 1.82) is 0 Å². The fourth-order valence-electron chi connectivity index (χ4n) is 7.82. The van der Waals surface area contributed by atoms with Crippen molar-refractivity contribution in [2.24, 2.45) is 29.4 Å². The van der Waals surface area contributed by atoms with Crippen LogP contribution in [0, 0.1) is 23.7 Å². The number of likely N-dealkylation sites (tertiary alicyclic amines) is 1. The van der Waals surface area contributed by atoms with Crippen LogP contribution in [0.15, 0.2) is 28.7 Å². The lowest BCUT2D eigenvalue weighted by atomic mass is 9.74. The molecule has 5 rings (SSSR count). The van der Waals surface area contributed by atoms with Gasteiger partial charge in [0.1, 0.15) is 18.9 Å². The number of carbonyl (C=O) groups is 3. The van der Waals surface area contributed by atoms with Gasteiger partial charge in [-0.05, 0) is 106 Å². The second-order valence-corrected chi connectivity index (χ2v) is 13.4. The maximum atomic E-state index is 14.2. The Hall–Kier alpha value is -2.82. The van der Waals surface area contributed by atoms with E-state index < -0.39 is 24.7 Å². The molecule has 0 unspecified atom stereocenters. The van der Waals surface area contributed by atoms with Gasteiger partial charge in [0.25, 0.3) is 0 Å². The number of esters is 1.